The number of pyridine rings is 1. The lowest BCUT2D eigenvalue weighted by molar-refractivity contribution is 0.112. The molecule has 0 aliphatic rings. The number of H-pyrrole nitrogens is 1. The highest BCUT2D eigenvalue weighted by atomic mass is 16.1. The maximum atomic E-state index is 11.1. The number of para-hydroxylation sites is 1. The Labute approximate surface area is 104 Å². The lowest BCUT2D eigenvalue weighted by atomic mass is 10.2. The van der Waals surface area contributed by atoms with E-state index in [1.54, 1.807) is 0 Å². The quantitative estimate of drug-likeness (QED) is 0.699. The van der Waals surface area contributed by atoms with Gasteiger partial charge in [-0.2, -0.15) is 0 Å². The molecule has 0 aliphatic heterocycles. The predicted molar refractivity (Wildman–Crippen MR) is 73.3 cm³/mol. The number of nitrogens with zero attached hydrogens (tertiary/aromatic N) is 2. The number of aldehydes is 1. The maximum absolute atomic E-state index is 11.1. The number of hydrogen-bond acceptors (Lipinski definition) is 3. The molecule has 1 N–H and O–H groups in total. The van der Waals surface area contributed by atoms with Gasteiger partial charge in [-0.3, -0.25) is 4.79 Å². The fourth-order valence-electron chi connectivity index (χ4n) is 2.21. The number of carbonyl (C=O) groups excluding carboxylic acids is 1. The van der Waals surface area contributed by atoms with Gasteiger partial charge in [-0.05, 0) is 12.1 Å². The number of carbonyl (C=O) groups is 1. The Kier molecular flexibility index (Phi) is 2.30. The number of aromatic nitrogens is 2. The lowest BCUT2D eigenvalue weighted by Crippen LogP contribution is -2.13. The zero-order valence-electron chi connectivity index (χ0n) is 10.3. The third kappa shape index (κ3) is 1.46. The molecule has 4 nitrogen and oxygen atoms in total. The second kappa shape index (κ2) is 3.84. The van der Waals surface area contributed by atoms with Crippen molar-refractivity contribution in [3.63, 3.8) is 0 Å². The van der Waals surface area contributed by atoms with Crippen LogP contribution in [0.2, 0.25) is 0 Å². The van der Waals surface area contributed by atoms with E-state index in [4.69, 9.17) is 0 Å². The second-order valence-electron chi connectivity index (χ2n) is 4.48. The van der Waals surface area contributed by atoms with E-state index >= 15 is 0 Å². The van der Waals surface area contributed by atoms with Crippen molar-refractivity contribution in [3.8, 4) is 0 Å². The first kappa shape index (κ1) is 10.8. The SMILES string of the molecule is CN(C)c1nc2c(cc1C=O)[nH]c1ccccc12. The van der Waals surface area contributed by atoms with Gasteiger partial charge in [-0.1, -0.05) is 18.2 Å². The maximum Gasteiger partial charge on any atom is 0.153 e. The summed E-state index contributed by atoms with van der Waals surface area (Å²) in [6, 6.07) is 9.85. The summed E-state index contributed by atoms with van der Waals surface area (Å²) in [6.07, 6.45) is 0.841. The molecule has 0 radical (unpaired) electrons. The van der Waals surface area contributed by atoms with Gasteiger partial charge in [0.15, 0.2) is 6.29 Å². The molecule has 2 heterocycles. The van der Waals surface area contributed by atoms with Crippen molar-refractivity contribution in [1.29, 1.82) is 0 Å². The summed E-state index contributed by atoms with van der Waals surface area (Å²) >= 11 is 0. The molecule has 0 saturated heterocycles. The third-order valence-corrected chi connectivity index (χ3v) is 3.03. The van der Waals surface area contributed by atoms with Crippen LogP contribution < -0.4 is 4.90 Å². The molecule has 0 aliphatic carbocycles. The van der Waals surface area contributed by atoms with Crippen LogP contribution in [-0.2, 0) is 0 Å². The number of nitrogens with one attached hydrogen (secondary N) is 1. The zero-order chi connectivity index (χ0) is 12.7. The molecular weight excluding hydrogens is 226 g/mol. The Morgan fingerprint density at radius 2 is 2.00 bits per heavy atom. The molecule has 18 heavy (non-hydrogen) atoms. The minimum atomic E-state index is 0.596. The van der Waals surface area contributed by atoms with Crippen LogP contribution in [0.25, 0.3) is 21.9 Å². The van der Waals surface area contributed by atoms with E-state index in [2.05, 4.69) is 9.97 Å². The highest BCUT2D eigenvalue weighted by Gasteiger charge is 2.11. The average molecular weight is 239 g/mol. The first-order valence-corrected chi connectivity index (χ1v) is 5.74. The molecule has 0 amide bonds. The molecule has 0 fully saturated rings. The van der Waals surface area contributed by atoms with Gasteiger partial charge in [0.1, 0.15) is 5.82 Å². The van der Waals surface area contributed by atoms with E-state index in [-0.39, 0.29) is 0 Å². The molecule has 1 aromatic carbocycles. The van der Waals surface area contributed by atoms with Crippen molar-refractivity contribution in [2.24, 2.45) is 0 Å². The van der Waals surface area contributed by atoms with Crippen molar-refractivity contribution < 1.29 is 4.79 Å². The van der Waals surface area contributed by atoms with Crippen LogP contribution in [0.4, 0.5) is 5.82 Å². The van der Waals surface area contributed by atoms with E-state index in [1.165, 1.54) is 0 Å². The van der Waals surface area contributed by atoms with Crippen LogP contribution in [-0.4, -0.2) is 30.3 Å². The summed E-state index contributed by atoms with van der Waals surface area (Å²) in [5, 5.41) is 1.08. The van der Waals surface area contributed by atoms with E-state index in [0.29, 0.717) is 11.4 Å². The Hall–Kier alpha value is -2.36. The molecule has 0 unspecified atom stereocenters. The standard InChI is InChI=1S/C14H13N3O/c1-17(2)14-9(8-18)7-12-13(16-14)10-5-3-4-6-11(10)15-12/h3-8,15H,1-2H3. The van der Waals surface area contributed by atoms with Crippen molar-refractivity contribution in [2.75, 3.05) is 19.0 Å². The molecule has 4 heteroatoms. The topological polar surface area (TPSA) is 49.0 Å². The first-order chi connectivity index (χ1) is 8.70. The average Bonchev–Trinajstić information content (AvgIpc) is 2.74. The van der Waals surface area contributed by atoms with Gasteiger partial charge in [0.2, 0.25) is 0 Å². The predicted octanol–water partition coefficient (Wildman–Crippen LogP) is 2.59. The van der Waals surface area contributed by atoms with E-state index in [1.807, 2.05) is 49.3 Å². The van der Waals surface area contributed by atoms with Gasteiger partial charge >= 0.3 is 0 Å². The normalized spacial score (nSPS) is 11.0. The monoisotopic (exact) mass is 239 g/mol. The van der Waals surface area contributed by atoms with E-state index in [9.17, 15) is 4.79 Å². The van der Waals surface area contributed by atoms with E-state index < -0.39 is 0 Å². The Morgan fingerprint density at radius 1 is 1.22 bits per heavy atom. The molecule has 3 rings (SSSR count). The number of rotatable bonds is 2. The highest BCUT2D eigenvalue weighted by molar-refractivity contribution is 6.07. The smallest absolute Gasteiger partial charge is 0.153 e. The summed E-state index contributed by atoms with van der Waals surface area (Å²) in [6.45, 7) is 0. The molecule has 90 valence electrons. The Balaban J connectivity index is 2.44. The molecule has 0 spiro atoms. The Morgan fingerprint density at radius 3 is 2.72 bits per heavy atom. The van der Waals surface area contributed by atoms with Gasteiger partial charge in [-0.25, -0.2) is 4.98 Å². The van der Waals surface area contributed by atoms with Gasteiger partial charge in [-0.15, -0.1) is 0 Å². The van der Waals surface area contributed by atoms with E-state index in [0.717, 1.165) is 28.2 Å². The summed E-state index contributed by atoms with van der Waals surface area (Å²) < 4.78 is 0. The minimum absolute atomic E-state index is 0.596. The number of anilines is 1. The Bertz CT molecular complexity index is 743. The van der Waals surface area contributed by atoms with Crippen LogP contribution in [0.15, 0.2) is 30.3 Å². The summed E-state index contributed by atoms with van der Waals surface area (Å²) in [7, 11) is 3.77. The van der Waals surface area contributed by atoms with Gasteiger partial charge in [0, 0.05) is 25.0 Å². The van der Waals surface area contributed by atoms with Crippen molar-refractivity contribution >= 4 is 34.0 Å². The van der Waals surface area contributed by atoms with Gasteiger partial charge in [0.25, 0.3) is 0 Å². The van der Waals surface area contributed by atoms with Crippen LogP contribution in [0.5, 0.6) is 0 Å². The van der Waals surface area contributed by atoms with Crippen LogP contribution in [0.3, 0.4) is 0 Å². The molecule has 2 aromatic heterocycles. The first-order valence-electron chi connectivity index (χ1n) is 5.74. The van der Waals surface area contributed by atoms with Crippen molar-refractivity contribution in [2.45, 2.75) is 0 Å². The molecule has 0 atom stereocenters. The largest absolute Gasteiger partial charge is 0.362 e. The zero-order valence-corrected chi connectivity index (χ0v) is 10.3. The fraction of sp³-hybridized carbons (Fsp3) is 0.143. The second-order valence-corrected chi connectivity index (χ2v) is 4.48. The number of aromatic amines is 1. The van der Waals surface area contributed by atoms with Crippen LogP contribution >= 0.6 is 0 Å². The minimum Gasteiger partial charge on any atom is -0.362 e. The molecule has 0 saturated carbocycles. The highest BCUT2D eigenvalue weighted by Crippen LogP contribution is 2.27. The number of fused-ring (bicyclic) bond motifs is 3. The summed E-state index contributed by atoms with van der Waals surface area (Å²) in [5.74, 6) is 0.697. The summed E-state index contributed by atoms with van der Waals surface area (Å²) in [5.41, 5.74) is 3.43. The van der Waals surface area contributed by atoms with Gasteiger partial charge < -0.3 is 9.88 Å². The summed E-state index contributed by atoms with van der Waals surface area (Å²) in [4.78, 5) is 20.8. The van der Waals surface area contributed by atoms with Crippen LogP contribution in [0, 0.1) is 0 Å². The lowest BCUT2D eigenvalue weighted by Gasteiger charge is -2.13. The fourth-order valence-corrected chi connectivity index (χ4v) is 2.21. The van der Waals surface area contributed by atoms with Crippen molar-refractivity contribution in [3.05, 3.63) is 35.9 Å². The molecule has 3 aromatic rings. The molecular formula is C14H13N3O. The molecule has 0 bridgehead atoms. The van der Waals surface area contributed by atoms with Crippen molar-refractivity contribution in [1.82, 2.24) is 9.97 Å². The van der Waals surface area contributed by atoms with Crippen LogP contribution in [0.1, 0.15) is 10.4 Å². The number of hydrogen-bond donors (Lipinski definition) is 1. The third-order valence-electron chi connectivity index (χ3n) is 3.03. The van der Waals surface area contributed by atoms with Gasteiger partial charge in [0.05, 0.1) is 16.6 Å². The number of benzene rings is 1.